The number of rotatable bonds is 4. The van der Waals surface area contributed by atoms with Crippen LogP contribution >= 0.6 is 27.5 Å². The summed E-state index contributed by atoms with van der Waals surface area (Å²) in [4.78, 5) is -0.277. The van der Waals surface area contributed by atoms with E-state index in [9.17, 15) is 4.39 Å². The van der Waals surface area contributed by atoms with Crippen molar-refractivity contribution in [3.8, 4) is 5.75 Å². The van der Waals surface area contributed by atoms with Crippen molar-refractivity contribution < 1.29 is 9.13 Å². The lowest BCUT2D eigenvalue weighted by Gasteiger charge is -2.17. The predicted molar refractivity (Wildman–Crippen MR) is 84.5 cm³/mol. The molecule has 1 nitrogen and oxygen atoms in total. The number of benzene rings is 2. The molecule has 1 atom stereocenters. The van der Waals surface area contributed by atoms with E-state index in [0.717, 1.165) is 16.9 Å². The van der Waals surface area contributed by atoms with Gasteiger partial charge >= 0.3 is 0 Å². The van der Waals surface area contributed by atoms with Gasteiger partial charge < -0.3 is 4.74 Å². The van der Waals surface area contributed by atoms with Gasteiger partial charge in [-0.15, -0.1) is 0 Å². The number of hydrogen-bond donors (Lipinski definition) is 0. The van der Waals surface area contributed by atoms with Crippen LogP contribution in [0.3, 0.4) is 0 Å². The van der Waals surface area contributed by atoms with Crippen molar-refractivity contribution in [3.05, 3.63) is 63.9 Å². The minimum Gasteiger partial charge on any atom is -0.494 e. The zero-order chi connectivity index (χ0) is 14.7. The molecule has 0 N–H and O–H groups in total. The van der Waals surface area contributed by atoms with Crippen molar-refractivity contribution in [3.63, 3.8) is 0 Å². The van der Waals surface area contributed by atoms with E-state index in [2.05, 4.69) is 15.9 Å². The van der Waals surface area contributed by atoms with Gasteiger partial charge in [0.15, 0.2) is 0 Å². The summed E-state index contributed by atoms with van der Waals surface area (Å²) in [5.74, 6) is 0.428. The molecule has 1 unspecified atom stereocenters. The molecule has 0 saturated carbocycles. The van der Waals surface area contributed by atoms with Crippen molar-refractivity contribution >= 4 is 27.5 Å². The monoisotopic (exact) mass is 356 g/mol. The highest BCUT2D eigenvalue weighted by molar-refractivity contribution is 9.09. The molecule has 0 heterocycles. The smallest absolute Gasteiger partial charge is 0.129 e. The molecule has 0 aliphatic heterocycles. The number of ether oxygens (including phenoxy) is 1. The predicted octanol–water partition coefficient (Wildman–Crippen LogP) is 5.67. The first-order valence-electron chi connectivity index (χ1n) is 6.35. The van der Waals surface area contributed by atoms with Gasteiger partial charge in [-0.3, -0.25) is 0 Å². The molecule has 0 radical (unpaired) electrons. The van der Waals surface area contributed by atoms with Crippen LogP contribution in [0, 0.1) is 12.7 Å². The normalized spacial score (nSPS) is 12.2. The van der Waals surface area contributed by atoms with Crippen LogP contribution < -0.4 is 4.74 Å². The summed E-state index contributed by atoms with van der Waals surface area (Å²) in [6.45, 7) is 4.49. The summed E-state index contributed by atoms with van der Waals surface area (Å²) in [6.07, 6.45) is 0. The Labute approximate surface area is 131 Å². The highest BCUT2D eigenvalue weighted by Gasteiger charge is 2.19. The lowest BCUT2D eigenvalue weighted by molar-refractivity contribution is 0.337. The molecule has 2 aromatic carbocycles. The summed E-state index contributed by atoms with van der Waals surface area (Å²) in [5.41, 5.74) is 2.55. The van der Waals surface area contributed by atoms with Gasteiger partial charge in [0.25, 0.3) is 0 Å². The Balaban J connectivity index is 2.46. The first kappa shape index (κ1) is 15.3. The van der Waals surface area contributed by atoms with E-state index in [1.54, 1.807) is 12.1 Å². The number of aryl methyl sites for hydroxylation is 1. The van der Waals surface area contributed by atoms with Gasteiger partial charge in [-0.1, -0.05) is 51.3 Å². The van der Waals surface area contributed by atoms with Gasteiger partial charge in [0.1, 0.15) is 11.6 Å². The van der Waals surface area contributed by atoms with Crippen LogP contribution in [-0.4, -0.2) is 6.61 Å². The highest BCUT2D eigenvalue weighted by atomic mass is 79.9. The van der Waals surface area contributed by atoms with Crippen LogP contribution in [0.1, 0.15) is 28.4 Å². The maximum Gasteiger partial charge on any atom is 0.129 e. The third-order valence-electron chi connectivity index (χ3n) is 2.97. The van der Waals surface area contributed by atoms with Crippen molar-refractivity contribution in [2.24, 2.45) is 0 Å². The molecule has 0 amide bonds. The van der Waals surface area contributed by atoms with Gasteiger partial charge in [0, 0.05) is 16.1 Å². The molecule has 106 valence electrons. The summed E-state index contributed by atoms with van der Waals surface area (Å²) in [5, 5.41) is 0.389. The van der Waals surface area contributed by atoms with Gasteiger partial charge in [-0.05, 0) is 32.0 Å². The van der Waals surface area contributed by atoms with E-state index in [-0.39, 0.29) is 10.6 Å². The third-order valence-corrected chi connectivity index (χ3v) is 4.20. The Bertz CT molecular complexity index is 615. The first-order valence-corrected chi connectivity index (χ1v) is 7.64. The zero-order valence-corrected chi connectivity index (χ0v) is 13.6. The first-order chi connectivity index (χ1) is 9.52. The summed E-state index contributed by atoms with van der Waals surface area (Å²) in [7, 11) is 0. The molecular formula is C16H15BrClFO. The lowest BCUT2D eigenvalue weighted by atomic mass is 10.0. The van der Waals surface area contributed by atoms with Crippen molar-refractivity contribution in [2.45, 2.75) is 18.7 Å². The summed E-state index contributed by atoms with van der Waals surface area (Å²) < 4.78 is 19.7. The second-order valence-corrected chi connectivity index (χ2v) is 5.85. The Morgan fingerprint density at radius 2 is 1.95 bits per heavy atom. The largest absolute Gasteiger partial charge is 0.494 e. The molecule has 0 fully saturated rings. The standard InChI is InChI=1S/C16H15BrClFO/c1-3-20-15-7-4-10(2)8-13(15)16(17)12-6-5-11(18)9-14(12)19/h4-9,16H,3H2,1-2H3. The van der Waals surface area contributed by atoms with Crippen LogP contribution in [-0.2, 0) is 0 Å². The third kappa shape index (κ3) is 3.33. The molecule has 0 aliphatic rings. The van der Waals surface area contributed by atoms with Crippen molar-refractivity contribution in [2.75, 3.05) is 6.61 Å². The minimum absolute atomic E-state index is 0.277. The van der Waals surface area contributed by atoms with Crippen LogP contribution in [0.2, 0.25) is 5.02 Å². The van der Waals surface area contributed by atoms with E-state index in [0.29, 0.717) is 17.2 Å². The fourth-order valence-corrected chi connectivity index (χ4v) is 2.92. The van der Waals surface area contributed by atoms with Gasteiger partial charge in [-0.2, -0.15) is 0 Å². The number of alkyl halides is 1. The fourth-order valence-electron chi connectivity index (χ4n) is 2.03. The second kappa shape index (κ2) is 6.59. The van der Waals surface area contributed by atoms with Crippen LogP contribution in [0.4, 0.5) is 4.39 Å². The number of hydrogen-bond acceptors (Lipinski definition) is 1. The molecule has 0 bridgehead atoms. The molecule has 2 rings (SSSR count). The van der Waals surface area contributed by atoms with Crippen LogP contribution in [0.5, 0.6) is 5.75 Å². The summed E-state index contributed by atoms with van der Waals surface area (Å²) in [6, 6.07) is 10.6. The van der Waals surface area contributed by atoms with Gasteiger partial charge in [0.2, 0.25) is 0 Å². The second-order valence-electron chi connectivity index (χ2n) is 4.50. The van der Waals surface area contributed by atoms with E-state index in [4.69, 9.17) is 16.3 Å². The van der Waals surface area contributed by atoms with Crippen LogP contribution in [0.15, 0.2) is 36.4 Å². The molecule has 0 aliphatic carbocycles. The van der Waals surface area contributed by atoms with E-state index < -0.39 is 0 Å². The number of halogens is 3. The molecule has 0 aromatic heterocycles. The van der Waals surface area contributed by atoms with E-state index >= 15 is 0 Å². The van der Waals surface area contributed by atoms with Crippen molar-refractivity contribution in [1.29, 1.82) is 0 Å². The van der Waals surface area contributed by atoms with E-state index in [1.807, 2.05) is 32.0 Å². The average molecular weight is 358 g/mol. The Morgan fingerprint density at radius 1 is 1.20 bits per heavy atom. The maximum absolute atomic E-state index is 14.0. The lowest BCUT2D eigenvalue weighted by Crippen LogP contribution is -2.02. The maximum atomic E-state index is 14.0. The zero-order valence-electron chi connectivity index (χ0n) is 11.3. The molecule has 0 saturated heterocycles. The van der Waals surface area contributed by atoms with E-state index in [1.165, 1.54) is 6.07 Å². The van der Waals surface area contributed by atoms with Gasteiger partial charge in [-0.25, -0.2) is 4.39 Å². The van der Waals surface area contributed by atoms with Crippen molar-refractivity contribution in [1.82, 2.24) is 0 Å². The quantitative estimate of drug-likeness (QED) is 0.641. The minimum atomic E-state index is -0.330. The molecule has 20 heavy (non-hydrogen) atoms. The Hall–Kier alpha value is -1.06. The fraction of sp³-hybridized carbons (Fsp3) is 0.250. The average Bonchev–Trinajstić information content (AvgIpc) is 2.40. The molecular weight excluding hydrogens is 343 g/mol. The molecule has 4 heteroatoms. The SMILES string of the molecule is CCOc1ccc(C)cc1C(Br)c1ccc(Cl)cc1F. The Kier molecular flexibility index (Phi) is 5.06. The molecule has 2 aromatic rings. The molecule has 0 spiro atoms. The Morgan fingerprint density at radius 3 is 2.60 bits per heavy atom. The van der Waals surface area contributed by atoms with Crippen LogP contribution in [0.25, 0.3) is 0 Å². The highest BCUT2D eigenvalue weighted by Crippen LogP contribution is 2.38. The summed E-state index contributed by atoms with van der Waals surface area (Å²) >= 11 is 9.36. The topological polar surface area (TPSA) is 9.23 Å². The van der Waals surface area contributed by atoms with Gasteiger partial charge in [0.05, 0.1) is 11.4 Å².